The van der Waals surface area contributed by atoms with Gasteiger partial charge in [-0.05, 0) is 20.8 Å². The molecule has 0 aliphatic rings. The topological polar surface area (TPSA) is 53.2 Å². The second-order valence-corrected chi connectivity index (χ2v) is 3.53. The molecule has 64 valence electrons. The average Bonchev–Trinajstić information content (AvgIpc) is 1.86. The van der Waals surface area contributed by atoms with E-state index in [1.807, 2.05) is 19.9 Å². The highest BCUT2D eigenvalue weighted by atomic mass is 16.5. The van der Waals surface area contributed by atoms with Gasteiger partial charge in [0.1, 0.15) is 0 Å². The van der Waals surface area contributed by atoms with E-state index in [2.05, 4.69) is 0 Å². The van der Waals surface area contributed by atoms with Crippen LogP contribution in [0.15, 0.2) is 0 Å². The van der Waals surface area contributed by atoms with Crippen LogP contribution in [0, 0.1) is 11.3 Å². The van der Waals surface area contributed by atoms with Gasteiger partial charge in [-0.25, -0.2) is 0 Å². The number of nitrogens with zero attached hydrogens (tertiary/aromatic N) is 1. The maximum atomic E-state index is 9.35. The minimum atomic E-state index is -1.29. The summed E-state index contributed by atoms with van der Waals surface area (Å²) in [5.41, 5.74) is -1.74. The third-order valence-electron chi connectivity index (χ3n) is 1.56. The zero-order valence-corrected chi connectivity index (χ0v) is 7.51. The highest BCUT2D eigenvalue weighted by Gasteiger charge is 2.30. The Hall–Kier alpha value is -0.590. The van der Waals surface area contributed by atoms with Crippen molar-refractivity contribution in [1.29, 1.82) is 5.26 Å². The third-order valence-corrected chi connectivity index (χ3v) is 1.56. The van der Waals surface area contributed by atoms with Crippen LogP contribution in [-0.4, -0.2) is 23.4 Å². The predicted molar refractivity (Wildman–Crippen MR) is 41.9 cm³/mol. The number of nitriles is 1. The zero-order valence-electron chi connectivity index (χ0n) is 7.51. The lowest BCUT2D eigenvalue weighted by atomic mass is 9.92. The first-order valence-electron chi connectivity index (χ1n) is 3.52. The summed E-state index contributed by atoms with van der Waals surface area (Å²) in [7, 11) is 1.56. The number of hydrogen-bond donors (Lipinski definition) is 1. The van der Waals surface area contributed by atoms with Crippen LogP contribution >= 0.6 is 0 Å². The van der Waals surface area contributed by atoms with Crippen molar-refractivity contribution < 1.29 is 9.84 Å². The van der Waals surface area contributed by atoms with Crippen molar-refractivity contribution in [3.05, 3.63) is 0 Å². The van der Waals surface area contributed by atoms with Crippen LogP contribution in [-0.2, 0) is 4.74 Å². The van der Waals surface area contributed by atoms with E-state index < -0.39 is 11.2 Å². The van der Waals surface area contributed by atoms with Crippen molar-refractivity contribution in [3.63, 3.8) is 0 Å². The summed E-state index contributed by atoms with van der Waals surface area (Å²) < 4.78 is 5.06. The lowest BCUT2D eigenvalue weighted by molar-refractivity contribution is -0.0362. The molecular weight excluding hydrogens is 142 g/mol. The number of rotatable bonds is 3. The highest BCUT2D eigenvalue weighted by Crippen LogP contribution is 2.21. The second kappa shape index (κ2) is 3.21. The van der Waals surface area contributed by atoms with Crippen molar-refractivity contribution in [2.24, 2.45) is 0 Å². The first-order valence-corrected chi connectivity index (χ1v) is 3.52. The molecule has 0 aliphatic carbocycles. The quantitative estimate of drug-likeness (QED) is 0.623. The summed E-state index contributed by atoms with van der Waals surface area (Å²) in [6.45, 7) is 5.14. The van der Waals surface area contributed by atoms with Crippen molar-refractivity contribution >= 4 is 0 Å². The van der Waals surface area contributed by atoms with Gasteiger partial charge < -0.3 is 9.84 Å². The molecule has 0 saturated heterocycles. The van der Waals surface area contributed by atoms with Crippen LogP contribution in [0.1, 0.15) is 27.2 Å². The number of hydrogen-bond acceptors (Lipinski definition) is 3. The summed E-state index contributed by atoms with van der Waals surface area (Å²) in [4.78, 5) is 0. The van der Waals surface area contributed by atoms with Gasteiger partial charge in [0.25, 0.3) is 0 Å². The molecule has 0 saturated carbocycles. The zero-order chi connectivity index (χ0) is 9.12. The highest BCUT2D eigenvalue weighted by molar-refractivity contribution is 4.99. The fraction of sp³-hybridized carbons (Fsp3) is 0.875. The van der Waals surface area contributed by atoms with Gasteiger partial charge in [0, 0.05) is 13.5 Å². The van der Waals surface area contributed by atoms with Gasteiger partial charge >= 0.3 is 0 Å². The van der Waals surface area contributed by atoms with Gasteiger partial charge in [0.2, 0.25) is 0 Å². The Labute approximate surface area is 67.6 Å². The first kappa shape index (κ1) is 10.4. The predicted octanol–water partition coefficient (Wildman–Crippen LogP) is 1.08. The van der Waals surface area contributed by atoms with E-state index in [-0.39, 0.29) is 0 Å². The fourth-order valence-electron chi connectivity index (χ4n) is 0.941. The van der Waals surface area contributed by atoms with E-state index in [0.717, 1.165) is 0 Å². The Balaban J connectivity index is 4.16. The number of ether oxygens (including phenoxy) is 1. The Kier molecular flexibility index (Phi) is 3.03. The van der Waals surface area contributed by atoms with E-state index in [4.69, 9.17) is 10.00 Å². The minimum Gasteiger partial charge on any atom is -0.379 e. The largest absolute Gasteiger partial charge is 0.379 e. The van der Waals surface area contributed by atoms with Crippen LogP contribution in [0.4, 0.5) is 0 Å². The second-order valence-electron chi connectivity index (χ2n) is 3.53. The molecule has 1 atom stereocenters. The minimum absolute atomic E-state index is 0.312. The van der Waals surface area contributed by atoms with Crippen LogP contribution in [0.25, 0.3) is 0 Å². The number of aliphatic hydroxyl groups is 1. The van der Waals surface area contributed by atoms with Gasteiger partial charge in [-0.3, -0.25) is 0 Å². The Morgan fingerprint density at radius 2 is 1.91 bits per heavy atom. The van der Waals surface area contributed by atoms with E-state index in [0.29, 0.717) is 6.42 Å². The molecule has 1 N–H and O–H groups in total. The molecule has 0 heterocycles. The summed E-state index contributed by atoms with van der Waals surface area (Å²) >= 11 is 0. The van der Waals surface area contributed by atoms with E-state index >= 15 is 0 Å². The molecule has 0 aromatic carbocycles. The van der Waals surface area contributed by atoms with Gasteiger partial charge in [-0.1, -0.05) is 0 Å². The Bertz CT molecular complexity index is 167. The third kappa shape index (κ3) is 3.97. The van der Waals surface area contributed by atoms with Crippen LogP contribution in [0.3, 0.4) is 0 Å². The molecule has 11 heavy (non-hydrogen) atoms. The number of methoxy groups -OCH3 is 1. The normalized spacial score (nSPS) is 17.1. The summed E-state index contributed by atoms with van der Waals surface area (Å²) in [5, 5.41) is 17.8. The van der Waals surface area contributed by atoms with Crippen LogP contribution in [0.2, 0.25) is 0 Å². The molecule has 3 heteroatoms. The molecular formula is C8H15NO2. The summed E-state index contributed by atoms with van der Waals surface area (Å²) in [6.07, 6.45) is 0.312. The lowest BCUT2D eigenvalue weighted by Gasteiger charge is -2.28. The van der Waals surface area contributed by atoms with Gasteiger partial charge in [-0.2, -0.15) is 5.26 Å². The van der Waals surface area contributed by atoms with Crippen LogP contribution < -0.4 is 0 Å². The van der Waals surface area contributed by atoms with E-state index in [9.17, 15) is 5.11 Å². The molecule has 0 aliphatic heterocycles. The van der Waals surface area contributed by atoms with E-state index in [1.165, 1.54) is 6.92 Å². The molecule has 3 nitrogen and oxygen atoms in total. The monoisotopic (exact) mass is 157 g/mol. The van der Waals surface area contributed by atoms with E-state index in [1.54, 1.807) is 7.11 Å². The summed E-state index contributed by atoms with van der Waals surface area (Å²) in [5.74, 6) is 0. The molecule has 0 aromatic rings. The first-order chi connectivity index (χ1) is 4.83. The van der Waals surface area contributed by atoms with Crippen molar-refractivity contribution in [3.8, 4) is 6.07 Å². The molecule has 0 fully saturated rings. The lowest BCUT2D eigenvalue weighted by Crippen LogP contribution is -2.35. The van der Waals surface area contributed by atoms with Crippen LogP contribution in [0.5, 0.6) is 0 Å². The van der Waals surface area contributed by atoms with Crippen molar-refractivity contribution in [2.75, 3.05) is 7.11 Å². The molecule has 0 bridgehead atoms. The molecule has 0 aromatic heterocycles. The molecule has 0 amide bonds. The maximum absolute atomic E-state index is 9.35. The SMILES string of the molecule is COC(C)(C)CC(C)(O)C#N. The average molecular weight is 157 g/mol. The molecule has 1 unspecified atom stereocenters. The molecule has 0 radical (unpaired) electrons. The standard InChI is InChI=1S/C8H15NO2/c1-7(2,11-4)5-8(3,10)6-9/h10H,5H2,1-4H3. The maximum Gasteiger partial charge on any atom is 0.151 e. The Morgan fingerprint density at radius 1 is 1.45 bits per heavy atom. The smallest absolute Gasteiger partial charge is 0.151 e. The summed E-state index contributed by atoms with van der Waals surface area (Å²) in [6, 6.07) is 1.81. The molecule has 0 rings (SSSR count). The Morgan fingerprint density at radius 3 is 2.18 bits per heavy atom. The van der Waals surface area contributed by atoms with Crippen molar-refractivity contribution in [2.45, 2.75) is 38.4 Å². The van der Waals surface area contributed by atoms with Crippen molar-refractivity contribution in [1.82, 2.24) is 0 Å². The van der Waals surface area contributed by atoms with Gasteiger partial charge in [0.15, 0.2) is 5.60 Å². The fourth-order valence-corrected chi connectivity index (χ4v) is 0.941. The molecule has 0 spiro atoms. The van der Waals surface area contributed by atoms with Gasteiger partial charge in [0.05, 0.1) is 11.7 Å². The van der Waals surface area contributed by atoms with Gasteiger partial charge in [-0.15, -0.1) is 0 Å².